The smallest absolute Gasteiger partial charge is 0.317 e. The summed E-state index contributed by atoms with van der Waals surface area (Å²) < 4.78 is 0. The maximum Gasteiger partial charge on any atom is 0.317 e. The van der Waals surface area contributed by atoms with E-state index >= 15 is 0 Å². The van der Waals surface area contributed by atoms with Gasteiger partial charge >= 0.3 is 6.03 Å². The number of amides is 2. The lowest BCUT2D eigenvalue weighted by atomic mass is 9.90. The lowest BCUT2D eigenvalue weighted by Crippen LogP contribution is -2.46. The number of carbonyl (C=O) groups excluding carboxylic acids is 1. The van der Waals surface area contributed by atoms with Gasteiger partial charge in [-0.05, 0) is 30.7 Å². The summed E-state index contributed by atoms with van der Waals surface area (Å²) in [6.45, 7) is 4.23. The second kappa shape index (κ2) is 7.49. The molecule has 1 N–H and O–H groups in total. The van der Waals surface area contributed by atoms with E-state index in [1.165, 1.54) is 5.56 Å². The minimum absolute atomic E-state index is 0.00393. The van der Waals surface area contributed by atoms with Gasteiger partial charge in [0.25, 0.3) is 0 Å². The number of likely N-dealkylation sites (tertiary alicyclic amines) is 1. The predicted molar refractivity (Wildman–Crippen MR) is 90.6 cm³/mol. The highest BCUT2D eigenvalue weighted by atomic mass is 16.6. The van der Waals surface area contributed by atoms with Crippen molar-refractivity contribution in [1.29, 1.82) is 0 Å². The highest BCUT2D eigenvalue weighted by Crippen LogP contribution is 2.27. The van der Waals surface area contributed by atoms with Gasteiger partial charge in [0.15, 0.2) is 0 Å². The molecule has 0 unspecified atom stereocenters. The van der Waals surface area contributed by atoms with E-state index in [1.54, 1.807) is 0 Å². The summed E-state index contributed by atoms with van der Waals surface area (Å²) in [4.78, 5) is 19.5. The van der Waals surface area contributed by atoms with E-state index in [0.717, 1.165) is 44.5 Å². The molecule has 5 nitrogen and oxygen atoms in total. The van der Waals surface area contributed by atoms with Crippen molar-refractivity contribution in [3.8, 4) is 0 Å². The third kappa shape index (κ3) is 4.03. The molecule has 0 bridgehead atoms. The van der Waals surface area contributed by atoms with Crippen LogP contribution in [0.25, 0.3) is 0 Å². The van der Waals surface area contributed by atoms with Crippen molar-refractivity contribution in [2.24, 2.45) is 5.16 Å². The number of carbonyl (C=O) groups is 1. The first kappa shape index (κ1) is 15.8. The molecule has 0 aliphatic carbocycles. The molecule has 1 aromatic carbocycles. The number of nitrogens with one attached hydrogen (secondary N) is 1. The first-order valence-electron chi connectivity index (χ1n) is 8.55. The molecule has 1 aromatic rings. The van der Waals surface area contributed by atoms with Crippen LogP contribution < -0.4 is 5.32 Å². The summed E-state index contributed by atoms with van der Waals surface area (Å²) in [5.41, 5.74) is 2.46. The van der Waals surface area contributed by atoms with Gasteiger partial charge in [-0.25, -0.2) is 4.79 Å². The average molecular weight is 315 g/mol. The Hall–Kier alpha value is -2.04. The molecule has 0 saturated carbocycles. The van der Waals surface area contributed by atoms with Gasteiger partial charge in [-0.1, -0.05) is 42.4 Å². The van der Waals surface area contributed by atoms with Gasteiger partial charge < -0.3 is 15.1 Å². The van der Waals surface area contributed by atoms with Gasteiger partial charge in [-0.15, -0.1) is 0 Å². The fourth-order valence-corrected chi connectivity index (χ4v) is 3.26. The fourth-order valence-electron chi connectivity index (χ4n) is 3.26. The van der Waals surface area contributed by atoms with Crippen LogP contribution in [0, 0.1) is 0 Å². The number of nitrogens with zero attached hydrogens (tertiary/aromatic N) is 2. The summed E-state index contributed by atoms with van der Waals surface area (Å²) in [7, 11) is 0. The Balaban J connectivity index is 1.40. The SMILES string of the molecule is CCC1=NO[C@H](CNC(=O)N2CCC(c3ccccc3)CC2)C1. The zero-order valence-electron chi connectivity index (χ0n) is 13.7. The van der Waals surface area contributed by atoms with Crippen molar-refractivity contribution < 1.29 is 9.63 Å². The minimum Gasteiger partial charge on any atom is -0.390 e. The first-order chi connectivity index (χ1) is 11.3. The molecule has 2 aliphatic heterocycles. The number of hydrogen-bond acceptors (Lipinski definition) is 3. The Morgan fingerprint density at radius 3 is 2.70 bits per heavy atom. The number of rotatable bonds is 4. The first-order valence-corrected chi connectivity index (χ1v) is 8.55. The van der Waals surface area contributed by atoms with Crippen LogP contribution in [0.1, 0.15) is 44.1 Å². The van der Waals surface area contributed by atoms with E-state index in [4.69, 9.17) is 4.84 Å². The number of piperidine rings is 1. The second-order valence-electron chi connectivity index (χ2n) is 6.30. The largest absolute Gasteiger partial charge is 0.390 e. The van der Waals surface area contributed by atoms with Gasteiger partial charge in [0, 0.05) is 19.5 Å². The molecule has 124 valence electrons. The molecule has 3 rings (SSSR count). The molecule has 1 atom stereocenters. The van der Waals surface area contributed by atoms with E-state index < -0.39 is 0 Å². The number of benzene rings is 1. The van der Waals surface area contributed by atoms with E-state index in [1.807, 2.05) is 11.0 Å². The fraction of sp³-hybridized carbons (Fsp3) is 0.556. The van der Waals surface area contributed by atoms with E-state index in [9.17, 15) is 4.79 Å². The maximum absolute atomic E-state index is 12.3. The van der Waals surface area contributed by atoms with Crippen molar-refractivity contribution >= 4 is 11.7 Å². The highest BCUT2D eigenvalue weighted by molar-refractivity contribution is 5.85. The van der Waals surface area contributed by atoms with Crippen LogP contribution in [0.5, 0.6) is 0 Å². The molecule has 2 heterocycles. The molecule has 2 amide bonds. The molecule has 2 aliphatic rings. The Morgan fingerprint density at radius 2 is 2.04 bits per heavy atom. The van der Waals surface area contributed by atoms with E-state index in [-0.39, 0.29) is 12.1 Å². The molecule has 0 aromatic heterocycles. The van der Waals surface area contributed by atoms with Crippen molar-refractivity contribution in [2.45, 2.75) is 44.6 Å². The molecule has 23 heavy (non-hydrogen) atoms. The van der Waals surface area contributed by atoms with Crippen molar-refractivity contribution in [2.75, 3.05) is 19.6 Å². The highest BCUT2D eigenvalue weighted by Gasteiger charge is 2.25. The normalized spacial score (nSPS) is 21.7. The van der Waals surface area contributed by atoms with Crippen LogP contribution in [-0.2, 0) is 4.84 Å². The summed E-state index contributed by atoms with van der Waals surface area (Å²) >= 11 is 0. The average Bonchev–Trinajstić information content (AvgIpc) is 3.09. The van der Waals surface area contributed by atoms with Crippen LogP contribution in [0.3, 0.4) is 0 Å². The van der Waals surface area contributed by atoms with Crippen molar-refractivity contribution in [1.82, 2.24) is 10.2 Å². The molecule has 0 radical (unpaired) electrons. The molecule has 0 spiro atoms. The summed E-state index contributed by atoms with van der Waals surface area (Å²) in [6, 6.07) is 10.6. The summed E-state index contributed by atoms with van der Waals surface area (Å²) in [5.74, 6) is 0.568. The standard InChI is InChI=1S/C18H25N3O2/c1-2-16-12-17(23-20-16)13-19-18(22)21-10-8-15(9-11-21)14-6-4-3-5-7-14/h3-7,15,17H,2,8-13H2,1H3,(H,19,22)/t17-/m0/s1. The van der Waals surface area contributed by atoms with Crippen LogP contribution >= 0.6 is 0 Å². The van der Waals surface area contributed by atoms with Gasteiger partial charge in [0.2, 0.25) is 0 Å². The second-order valence-corrected chi connectivity index (χ2v) is 6.30. The molecular formula is C18H25N3O2. The van der Waals surface area contributed by atoms with Gasteiger partial charge in [0.1, 0.15) is 6.10 Å². The van der Waals surface area contributed by atoms with Crippen LogP contribution in [0.2, 0.25) is 0 Å². The topological polar surface area (TPSA) is 53.9 Å². The quantitative estimate of drug-likeness (QED) is 0.928. The predicted octanol–water partition coefficient (Wildman–Crippen LogP) is 3.13. The zero-order chi connectivity index (χ0) is 16.1. The van der Waals surface area contributed by atoms with Crippen molar-refractivity contribution in [3.05, 3.63) is 35.9 Å². The maximum atomic E-state index is 12.3. The molecule has 1 fully saturated rings. The molecule has 1 saturated heterocycles. The van der Waals surface area contributed by atoms with Gasteiger partial charge in [0.05, 0.1) is 12.3 Å². The summed E-state index contributed by atoms with van der Waals surface area (Å²) in [5, 5.41) is 7.00. The lowest BCUT2D eigenvalue weighted by molar-refractivity contribution is 0.0842. The van der Waals surface area contributed by atoms with E-state index in [2.05, 4.69) is 41.7 Å². The zero-order valence-corrected chi connectivity index (χ0v) is 13.7. The Morgan fingerprint density at radius 1 is 1.30 bits per heavy atom. The van der Waals surface area contributed by atoms with Crippen LogP contribution in [-0.4, -0.2) is 42.4 Å². The molecule has 5 heteroatoms. The summed E-state index contributed by atoms with van der Waals surface area (Å²) in [6.07, 6.45) is 3.79. The minimum atomic E-state index is -0.00393. The monoisotopic (exact) mass is 315 g/mol. The number of urea groups is 1. The van der Waals surface area contributed by atoms with Gasteiger partial charge in [-0.3, -0.25) is 0 Å². The molecular weight excluding hydrogens is 290 g/mol. The van der Waals surface area contributed by atoms with E-state index in [0.29, 0.717) is 12.5 Å². The van der Waals surface area contributed by atoms with Gasteiger partial charge in [-0.2, -0.15) is 0 Å². The number of oxime groups is 1. The number of hydrogen-bond donors (Lipinski definition) is 1. The van der Waals surface area contributed by atoms with Crippen LogP contribution in [0.15, 0.2) is 35.5 Å². The lowest BCUT2D eigenvalue weighted by Gasteiger charge is -2.32. The third-order valence-corrected chi connectivity index (χ3v) is 4.74. The van der Waals surface area contributed by atoms with Crippen LogP contribution in [0.4, 0.5) is 4.79 Å². The Bertz CT molecular complexity index is 551. The van der Waals surface area contributed by atoms with Crippen molar-refractivity contribution in [3.63, 3.8) is 0 Å². The Kier molecular flexibility index (Phi) is 5.16. The third-order valence-electron chi connectivity index (χ3n) is 4.74. The Labute approximate surface area is 137 Å².